The van der Waals surface area contributed by atoms with Crippen molar-refractivity contribution in [3.8, 4) is 0 Å². The van der Waals surface area contributed by atoms with E-state index in [-0.39, 0.29) is 25.0 Å². The molecule has 0 saturated carbocycles. The van der Waals surface area contributed by atoms with E-state index in [0.717, 1.165) is 12.2 Å². The number of urea groups is 1. The van der Waals surface area contributed by atoms with Crippen molar-refractivity contribution < 1.29 is 14.7 Å². The van der Waals surface area contributed by atoms with Crippen LogP contribution >= 0.6 is 11.8 Å². The minimum absolute atomic E-state index is 0.00917. The van der Waals surface area contributed by atoms with Gasteiger partial charge in [-0.2, -0.15) is 11.8 Å². The Labute approximate surface area is 107 Å². The fourth-order valence-corrected chi connectivity index (χ4v) is 1.76. The standard InChI is InChI=1S/C11H22N2O3S/c1-9(2)13(7-5-10(14)15)11(16)12-6-4-8-17-3/h9H,4-8H2,1-3H3,(H,12,16)(H,14,15). The molecular weight excluding hydrogens is 240 g/mol. The summed E-state index contributed by atoms with van der Waals surface area (Å²) in [5.74, 6) is 0.128. The molecule has 100 valence electrons. The Morgan fingerprint density at radius 3 is 2.53 bits per heavy atom. The zero-order valence-corrected chi connectivity index (χ0v) is 11.5. The molecule has 0 radical (unpaired) electrons. The summed E-state index contributed by atoms with van der Waals surface area (Å²) in [6, 6.07) is -0.169. The number of carbonyl (C=O) groups excluding carboxylic acids is 1. The number of nitrogens with zero attached hydrogens (tertiary/aromatic N) is 1. The van der Waals surface area contributed by atoms with Crippen LogP contribution in [0.15, 0.2) is 0 Å². The molecule has 0 heterocycles. The van der Waals surface area contributed by atoms with Gasteiger partial charge in [0.2, 0.25) is 0 Å². The highest BCUT2D eigenvalue weighted by Crippen LogP contribution is 2.01. The number of aliphatic carboxylic acids is 1. The first-order valence-electron chi connectivity index (χ1n) is 5.74. The molecule has 0 fully saturated rings. The minimum atomic E-state index is -0.883. The van der Waals surface area contributed by atoms with Crippen molar-refractivity contribution in [1.82, 2.24) is 10.2 Å². The third-order valence-corrected chi connectivity index (χ3v) is 2.95. The van der Waals surface area contributed by atoms with Crippen molar-refractivity contribution in [1.29, 1.82) is 0 Å². The number of hydrogen-bond acceptors (Lipinski definition) is 3. The Bertz CT molecular complexity index is 247. The molecule has 0 aromatic rings. The predicted octanol–water partition coefficient (Wildman–Crippen LogP) is 1.63. The van der Waals surface area contributed by atoms with Crippen LogP contribution in [0.4, 0.5) is 4.79 Å². The van der Waals surface area contributed by atoms with Gasteiger partial charge in [0.15, 0.2) is 0 Å². The molecule has 0 spiro atoms. The molecule has 0 rings (SSSR count). The van der Waals surface area contributed by atoms with Gasteiger partial charge in [-0.3, -0.25) is 4.79 Å². The van der Waals surface area contributed by atoms with Gasteiger partial charge in [-0.25, -0.2) is 4.79 Å². The van der Waals surface area contributed by atoms with Crippen molar-refractivity contribution in [2.45, 2.75) is 32.7 Å². The molecule has 0 aliphatic carbocycles. The first-order chi connectivity index (χ1) is 7.99. The fraction of sp³-hybridized carbons (Fsp3) is 0.818. The van der Waals surface area contributed by atoms with E-state index >= 15 is 0 Å². The number of carbonyl (C=O) groups is 2. The molecular formula is C11H22N2O3S. The van der Waals surface area contributed by atoms with Gasteiger partial charge in [0.05, 0.1) is 6.42 Å². The molecule has 0 aromatic heterocycles. The Kier molecular flexibility index (Phi) is 8.66. The highest BCUT2D eigenvalue weighted by atomic mass is 32.2. The maximum Gasteiger partial charge on any atom is 0.317 e. The van der Waals surface area contributed by atoms with Crippen LogP contribution in [0.1, 0.15) is 26.7 Å². The van der Waals surface area contributed by atoms with E-state index in [9.17, 15) is 9.59 Å². The molecule has 5 nitrogen and oxygen atoms in total. The molecule has 2 N–H and O–H groups in total. The maximum absolute atomic E-state index is 11.8. The summed E-state index contributed by atoms with van der Waals surface area (Å²) in [5, 5.41) is 11.4. The zero-order valence-electron chi connectivity index (χ0n) is 10.7. The number of hydrogen-bond donors (Lipinski definition) is 2. The van der Waals surface area contributed by atoms with Gasteiger partial charge < -0.3 is 15.3 Å². The van der Waals surface area contributed by atoms with Gasteiger partial charge in [0.1, 0.15) is 0 Å². The number of nitrogens with one attached hydrogen (secondary N) is 1. The van der Waals surface area contributed by atoms with Crippen LogP contribution in [0.5, 0.6) is 0 Å². The average molecular weight is 262 g/mol. The lowest BCUT2D eigenvalue weighted by molar-refractivity contribution is -0.137. The van der Waals surface area contributed by atoms with Crippen LogP contribution in [0.25, 0.3) is 0 Å². The molecule has 0 atom stereocenters. The summed E-state index contributed by atoms with van der Waals surface area (Å²) < 4.78 is 0. The summed E-state index contributed by atoms with van der Waals surface area (Å²) >= 11 is 1.74. The molecule has 0 unspecified atom stereocenters. The van der Waals surface area contributed by atoms with Crippen LogP contribution in [0, 0.1) is 0 Å². The first kappa shape index (κ1) is 16.1. The van der Waals surface area contributed by atoms with E-state index in [1.54, 1.807) is 16.7 Å². The lowest BCUT2D eigenvalue weighted by Gasteiger charge is -2.26. The van der Waals surface area contributed by atoms with Gasteiger partial charge in [0.25, 0.3) is 0 Å². The highest BCUT2D eigenvalue weighted by molar-refractivity contribution is 7.98. The second-order valence-corrected chi connectivity index (χ2v) is 4.99. The van der Waals surface area contributed by atoms with Gasteiger partial charge in [0, 0.05) is 19.1 Å². The summed E-state index contributed by atoms with van der Waals surface area (Å²) in [6.07, 6.45) is 2.93. The molecule has 0 aliphatic heterocycles. The van der Waals surface area contributed by atoms with Gasteiger partial charge in [-0.05, 0) is 32.3 Å². The number of amides is 2. The molecule has 0 saturated heterocycles. The molecule has 17 heavy (non-hydrogen) atoms. The largest absolute Gasteiger partial charge is 0.481 e. The predicted molar refractivity (Wildman–Crippen MR) is 70.5 cm³/mol. The van der Waals surface area contributed by atoms with Crippen molar-refractivity contribution in [3.05, 3.63) is 0 Å². The summed E-state index contributed by atoms with van der Waals surface area (Å²) in [7, 11) is 0. The van der Waals surface area contributed by atoms with E-state index in [1.165, 1.54) is 0 Å². The molecule has 2 amide bonds. The summed E-state index contributed by atoms with van der Waals surface area (Å²) in [6.45, 7) is 4.64. The van der Waals surface area contributed by atoms with E-state index in [2.05, 4.69) is 5.32 Å². The third-order valence-electron chi connectivity index (χ3n) is 2.25. The van der Waals surface area contributed by atoms with Crippen molar-refractivity contribution in [2.75, 3.05) is 25.1 Å². The van der Waals surface area contributed by atoms with Crippen molar-refractivity contribution in [2.24, 2.45) is 0 Å². The van der Waals surface area contributed by atoms with Gasteiger partial charge in [-0.1, -0.05) is 0 Å². The SMILES string of the molecule is CSCCCNC(=O)N(CCC(=O)O)C(C)C. The second-order valence-electron chi connectivity index (χ2n) is 4.01. The number of thioether (sulfide) groups is 1. The second kappa shape index (κ2) is 9.15. The van der Waals surface area contributed by atoms with E-state index in [1.807, 2.05) is 20.1 Å². The minimum Gasteiger partial charge on any atom is -0.481 e. The molecule has 0 bridgehead atoms. The van der Waals surface area contributed by atoms with Crippen LogP contribution in [-0.4, -0.2) is 53.1 Å². The quantitative estimate of drug-likeness (QED) is 0.652. The lowest BCUT2D eigenvalue weighted by atomic mass is 10.3. The monoisotopic (exact) mass is 262 g/mol. The molecule has 0 aromatic carbocycles. The van der Waals surface area contributed by atoms with Crippen molar-refractivity contribution >= 4 is 23.8 Å². The lowest BCUT2D eigenvalue weighted by Crippen LogP contribution is -2.45. The van der Waals surface area contributed by atoms with E-state index < -0.39 is 5.97 Å². The molecule has 0 aliphatic rings. The first-order valence-corrected chi connectivity index (χ1v) is 7.13. The molecule has 6 heteroatoms. The zero-order chi connectivity index (χ0) is 13.3. The van der Waals surface area contributed by atoms with Crippen LogP contribution < -0.4 is 5.32 Å². The number of rotatable bonds is 8. The normalized spacial score (nSPS) is 10.4. The fourth-order valence-electron chi connectivity index (χ4n) is 1.32. The average Bonchev–Trinajstić information content (AvgIpc) is 2.23. The smallest absolute Gasteiger partial charge is 0.317 e. The van der Waals surface area contributed by atoms with Gasteiger partial charge >= 0.3 is 12.0 Å². The Morgan fingerprint density at radius 2 is 2.06 bits per heavy atom. The Balaban J connectivity index is 4.02. The summed E-state index contributed by atoms with van der Waals surface area (Å²) in [5.41, 5.74) is 0. The number of carboxylic acid groups (broad SMARTS) is 1. The topological polar surface area (TPSA) is 69.6 Å². The third kappa shape index (κ3) is 7.90. The van der Waals surface area contributed by atoms with Crippen LogP contribution in [-0.2, 0) is 4.79 Å². The Morgan fingerprint density at radius 1 is 1.41 bits per heavy atom. The van der Waals surface area contributed by atoms with E-state index in [4.69, 9.17) is 5.11 Å². The summed E-state index contributed by atoms with van der Waals surface area (Å²) in [4.78, 5) is 23.8. The van der Waals surface area contributed by atoms with Gasteiger partial charge in [-0.15, -0.1) is 0 Å². The van der Waals surface area contributed by atoms with E-state index in [0.29, 0.717) is 6.54 Å². The maximum atomic E-state index is 11.8. The van der Waals surface area contributed by atoms with Crippen molar-refractivity contribution in [3.63, 3.8) is 0 Å². The highest BCUT2D eigenvalue weighted by Gasteiger charge is 2.17. The van der Waals surface area contributed by atoms with Crippen LogP contribution in [0.3, 0.4) is 0 Å². The number of carboxylic acids is 1. The Hall–Kier alpha value is -0.910. The van der Waals surface area contributed by atoms with Crippen LogP contribution in [0.2, 0.25) is 0 Å².